The van der Waals surface area contributed by atoms with Crippen LogP contribution in [0, 0.1) is 5.92 Å². The number of benzene rings is 1. The largest absolute Gasteiger partial charge is 0.491 e. The molecule has 2 aromatic rings. The first-order valence-corrected chi connectivity index (χ1v) is 21.3. The number of carbonyl (C=O) groups excluding carboxylic acids is 5. The zero-order chi connectivity index (χ0) is 42.8. The third-order valence-corrected chi connectivity index (χ3v) is 11.0. The van der Waals surface area contributed by atoms with Crippen molar-refractivity contribution in [3.05, 3.63) is 45.9 Å². The van der Waals surface area contributed by atoms with Gasteiger partial charge in [0, 0.05) is 24.5 Å². The number of likely N-dealkylation sites (N-methyl/N-ethyl adjacent to an activating group) is 1. The van der Waals surface area contributed by atoms with Gasteiger partial charge in [-0.15, -0.1) is 11.3 Å². The van der Waals surface area contributed by atoms with Crippen LogP contribution in [0.15, 0.2) is 29.6 Å². The summed E-state index contributed by atoms with van der Waals surface area (Å²) >= 11 is 1.35. The number of ketones is 1. The van der Waals surface area contributed by atoms with E-state index in [1.807, 2.05) is 4.90 Å². The van der Waals surface area contributed by atoms with E-state index in [4.69, 9.17) is 33.4 Å². The molecule has 0 spiro atoms. The number of nitrogens with zero attached hydrogens (tertiary/aromatic N) is 3. The molecule has 1 aromatic carbocycles. The summed E-state index contributed by atoms with van der Waals surface area (Å²) in [6.07, 6.45) is 5.54. The molecule has 17 heteroatoms. The van der Waals surface area contributed by atoms with E-state index in [-0.39, 0.29) is 43.5 Å². The number of likely N-dealkylation sites (tertiary alicyclic amines) is 1. The summed E-state index contributed by atoms with van der Waals surface area (Å²) in [5.74, 6) is -0.769. The highest BCUT2D eigenvalue weighted by Crippen LogP contribution is 2.37. The first-order valence-electron chi connectivity index (χ1n) is 20.5. The predicted octanol–water partition coefficient (Wildman–Crippen LogP) is 4.98. The average molecular weight is 847 g/mol. The monoisotopic (exact) mass is 846 g/mol. The smallest absolute Gasteiger partial charge is 0.410 e. The van der Waals surface area contributed by atoms with Crippen molar-refractivity contribution in [2.24, 2.45) is 5.92 Å². The summed E-state index contributed by atoms with van der Waals surface area (Å²) in [5.41, 5.74) is 0.000282. The Balaban J connectivity index is 1.26. The first-order chi connectivity index (χ1) is 28.3. The Kier molecular flexibility index (Phi) is 19.5. The van der Waals surface area contributed by atoms with Crippen LogP contribution in [-0.2, 0) is 42.8 Å². The van der Waals surface area contributed by atoms with Gasteiger partial charge in [0.05, 0.1) is 59.4 Å². The van der Waals surface area contributed by atoms with Crippen LogP contribution in [0.2, 0.25) is 0 Å². The molecular formula is C42H62N4O12S. The molecule has 2 heterocycles. The van der Waals surface area contributed by atoms with E-state index >= 15 is 0 Å². The molecule has 1 saturated carbocycles. The van der Waals surface area contributed by atoms with E-state index in [0.717, 1.165) is 38.5 Å². The Morgan fingerprint density at radius 3 is 2.19 bits per heavy atom. The molecule has 1 aliphatic carbocycles. The number of hydrogen-bond acceptors (Lipinski definition) is 14. The molecule has 4 rings (SSSR count). The van der Waals surface area contributed by atoms with Crippen molar-refractivity contribution in [1.29, 1.82) is 0 Å². The third-order valence-electron chi connectivity index (χ3n) is 10.1. The SMILES string of the molecule is COC(=O)COCCOCCOCCOCCOc1cccc(C(=O)c2csc([C@@H]3CCCN3C(=O)[C@@H](NC(=O)[C@H](C)N(C)C(=O)OC(C)(C)C)C3CCCCC3)n2)c1. The van der Waals surface area contributed by atoms with E-state index in [0.29, 0.717) is 74.6 Å². The van der Waals surface area contributed by atoms with Gasteiger partial charge in [-0.1, -0.05) is 31.4 Å². The zero-order valence-corrected chi connectivity index (χ0v) is 36.2. The second-order valence-electron chi connectivity index (χ2n) is 15.6. The molecule has 0 bridgehead atoms. The standard InChI is InChI=1S/C42H62N4O12S/c1-29(45(5)41(51)58-42(2,3)4)38(49)44-36(30-12-8-7-9-13-30)40(50)46-17-11-16-34(46)39-43-33(28-59-39)37(48)31-14-10-15-32(26-31)57-25-24-55-21-20-53-18-19-54-22-23-56-27-35(47)52-6/h10,14-15,26,28-30,34,36H,7-9,11-13,16-25,27H2,1-6H3,(H,44,49)/t29-,34-,36-/m0/s1. The van der Waals surface area contributed by atoms with Crippen LogP contribution in [0.3, 0.4) is 0 Å². The number of carbonyl (C=O) groups is 5. The van der Waals surface area contributed by atoms with Gasteiger partial charge in [0.2, 0.25) is 17.6 Å². The molecular weight excluding hydrogens is 785 g/mol. The molecule has 2 aliphatic rings. The highest BCUT2D eigenvalue weighted by molar-refractivity contribution is 7.10. The van der Waals surface area contributed by atoms with Crippen LogP contribution in [0.4, 0.5) is 4.79 Å². The molecule has 328 valence electrons. The number of methoxy groups -OCH3 is 1. The van der Waals surface area contributed by atoms with Crippen molar-refractivity contribution in [3.63, 3.8) is 0 Å². The highest BCUT2D eigenvalue weighted by Gasteiger charge is 2.41. The Morgan fingerprint density at radius 2 is 1.54 bits per heavy atom. The van der Waals surface area contributed by atoms with Crippen molar-refractivity contribution in [1.82, 2.24) is 20.1 Å². The van der Waals surface area contributed by atoms with Crippen LogP contribution in [0.25, 0.3) is 0 Å². The number of amides is 3. The molecule has 1 N–H and O–H groups in total. The van der Waals surface area contributed by atoms with Gasteiger partial charge in [-0.3, -0.25) is 19.3 Å². The van der Waals surface area contributed by atoms with E-state index in [9.17, 15) is 24.0 Å². The first kappa shape index (κ1) is 47.5. The molecule has 0 radical (unpaired) electrons. The van der Waals surface area contributed by atoms with Crippen LogP contribution >= 0.6 is 11.3 Å². The molecule has 1 saturated heterocycles. The number of hydrogen-bond donors (Lipinski definition) is 1. The number of esters is 1. The fourth-order valence-electron chi connectivity index (χ4n) is 6.77. The number of rotatable bonds is 23. The lowest BCUT2D eigenvalue weighted by molar-refractivity contribution is -0.146. The van der Waals surface area contributed by atoms with E-state index < -0.39 is 35.7 Å². The van der Waals surface area contributed by atoms with Crippen LogP contribution < -0.4 is 10.1 Å². The average Bonchev–Trinajstić information content (AvgIpc) is 3.92. The van der Waals surface area contributed by atoms with Gasteiger partial charge >= 0.3 is 12.1 Å². The minimum absolute atomic E-state index is 0.0281. The molecule has 59 heavy (non-hydrogen) atoms. The molecule has 16 nitrogen and oxygen atoms in total. The lowest BCUT2D eigenvalue weighted by atomic mass is 9.83. The predicted molar refractivity (Wildman–Crippen MR) is 218 cm³/mol. The van der Waals surface area contributed by atoms with Crippen molar-refractivity contribution < 1.29 is 57.1 Å². The number of thiazole rings is 1. The van der Waals surface area contributed by atoms with E-state index in [1.165, 1.54) is 30.4 Å². The second kappa shape index (κ2) is 24.2. The topological polar surface area (TPSA) is 181 Å². The fourth-order valence-corrected chi connectivity index (χ4v) is 7.71. The highest BCUT2D eigenvalue weighted by atomic mass is 32.1. The summed E-state index contributed by atoms with van der Waals surface area (Å²) in [6, 6.07) is 4.99. The molecule has 3 amide bonds. The van der Waals surface area contributed by atoms with Crippen LogP contribution in [0.1, 0.15) is 99.7 Å². The quantitative estimate of drug-likeness (QED) is 0.0900. The maximum atomic E-state index is 14.4. The fraction of sp³-hybridized carbons (Fsp3) is 0.667. The van der Waals surface area contributed by atoms with Gasteiger partial charge in [0.25, 0.3) is 0 Å². The van der Waals surface area contributed by atoms with Gasteiger partial charge in [0.1, 0.15) is 47.3 Å². The molecule has 3 atom stereocenters. The lowest BCUT2D eigenvalue weighted by Gasteiger charge is -2.36. The van der Waals surface area contributed by atoms with E-state index in [2.05, 4.69) is 10.1 Å². The minimum atomic E-state index is -0.856. The number of nitrogens with one attached hydrogen (secondary N) is 1. The number of aromatic nitrogens is 1. The lowest BCUT2D eigenvalue weighted by Crippen LogP contribution is -2.56. The van der Waals surface area contributed by atoms with Crippen LogP contribution in [-0.4, -0.2) is 142 Å². The van der Waals surface area contributed by atoms with Crippen molar-refractivity contribution >= 4 is 41.0 Å². The normalized spacial score (nSPS) is 16.9. The van der Waals surface area contributed by atoms with Gasteiger partial charge in [-0.2, -0.15) is 0 Å². The second-order valence-corrected chi connectivity index (χ2v) is 16.5. The van der Waals surface area contributed by atoms with Gasteiger partial charge < -0.3 is 43.4 Å². The Morgan fingerprint density at radius 1 is 0.898 bits per heavy atom. The van der Waals surface area contributed by atoms with Gasteiger partial charge in [-0.25, -0.2) is 14.6 Å². The third kappa shape index (κ3) is 15.4. The number of ether oxygens (including phenoxy) is 7. The molecule has 0 unspecified atom stereocenters. The summed E-state index contributed by atoms with van der Waals surface area (Å²) < 4.78 is 37.3. The zero-order valence-electron chi connectivity index (χ0n) is 35.4. The summed E-state index contributed by atoms with van der Waals surface area (Å²) in [4.78, 5) is 73.1. The van der Waals surface area contributed by atoms with Gasteiger partial charge in [0.15, 0.2) is 0 Å². The van der Waals surface area contributed by atoms with Gasteiger partial charge in [-0.05, 0) is 71.4 Å². The maximum Gasteiger partial charge on any atom is 0.410 e. The van der Waals surface area contributed by atoms with E-state index in [1.54, 1.807) is 57.3 Å². The Labute approximate surface area is 351 Å². The van der Waals surface area contributed by atoms with Crippen molar-refractivity contribution in [2.45, 2.75) is 96.4 Å². The molecule has 1 aromatic heterocycles. The molecule has 2 fully saturated rings. The Hall–Kier alpha value is -4.16. The molecule has 1 aliphatic heterocycles. The summed E-state index contributed by atoms with van der Waals surface area (Å²) in [7, 11) is 2.82. The van der Waals surface area contributed by atoms with Crippen molar-refractivity contribution in [3.8, 4) is 5.75 Å². The summed E-state index contributed by atoms with van der Waals surface area (Å²) in [5, 5.41) is 5.44. The summed E-state index contributed by atoms with van der Waals surface area (Å²) in [6.45, 7) is 10.1. The van der Waals surface area contributed by atoms with Crippen molar-refractivity contribution in [2.75, 3.05) is 80.2 Å². The Bertz CT molecular complexity index is 1660. The maximum absolute atomic E-state index is 14.4. The minimum Gasteiger partial charge on any atom is -0.491 e. The van der Waals surface area contributed by atoms with Crippen LogP contribution in [0.5, 0.6) is 5.75 Å².